The van der Waals surface area contributed by atoms with Gasteiger partial charge in [0.25, 0.3) is 0 Å². The molecule has 0 amide bonds. The lowest BCUT2D eigenvalue weighted by Crippen LogP contribution is -2.23. The van der Waals surface area contributed by atoms with Crippen LogP contribution in [0.4, 0.5) is 0 Å². The molecule has 106 valence electrons. The van der Waals surface area contributed by atoms with Crippen LogP contribution < -0.4 is 10.1 Å². The monoisotopic (exact) mass is 290 g/mol. The fraction of sp³-hybridized carbons (Fsp3) is 0.429. The number of thioether (sulfide) groups is 1. The van der Waals surface area contributed by atoms with Crippen LogP contribution in [0.1, 0.15) is 23.0 Å². The molecular formula is C14H18N4OS. The van der Waals surface area contributed by atoms with Gasteiger partial charge in [0, 0.05) is 11.3 Å². The Morgan fingerprint density at radius 1 is 1.45 bits per heavy atom. The summed E-state index contributed by atoms with van der Waals surface area (Å²) in [6.45, 7) is 1.92. The number of hydrogen-bond donors (Lipinski definition) is 2. The van der Waals surface area contributed by atoms with Gasteiger partial charge in [-0.25, -0.2) is 4.98 Å². The predicted octanol–water partition coefficient (Wildman–Crippen LogP) is 2.10. The summed E-state index contributed by atoms with van der Waals surface area (Å²) in [5.41, 5.74) is 2.69. The van der Waals surface area contributed by atoms with E-state index in [9.17, 15) is 0 Å². The van der Waals surface area contributed by atoms with Crippen molar-refractivity contribution in [1.29, 1.82) is 0 Å². The Bertz CT molecular complexity index is 613. The Balaban J connectivity index is 1.84. The van der Waals surface area contributed by atoms with Crippen molar-refractivity contribution in [2.75, 3.05) is 14.2 Å². The number of hydrogen-bond acceptors (Lipinski definition) is 5. The van der Waals surface area contributed by atoms with E-state index < -0.39 is 0 Å². The molecule has 1 aliphatic rings. The Kier molecular flexibility index (Phi) is 3.67. The maximum atomic E-state index is 5.32. The summed E-state index contributed by atoms with van der Waals surface area (Å²) in [5, 5.41) is 11.7. The average Bonchev–Trinajstić information content (AvgIpc) is 3.01. The third-order valence-electron chi connectivity index (χ3n) is 3.63. The van der Waals surface area contributed by atoms with Crippen molar-refractivity contribution in [2.24, 2.45) is 0 Å². The number of aromatic nitrogens is 3. The fourth-order valence-corrected chi connectivity index (χ4v) is 3.91. The molecule has 5 nitrogen and oxygen atoms in total. The lowest BCUT2D eigenvalue weighted by Gasteiger charge is -2.18. The Hall–Kier alpha value is -1.53. The normalized spacial score (nSPS) is 20.9. The van der Waals surface area contributed by atoms with Crippen LogP contribution in [0.3, 0.4) is 0 Å². The largest absolute Gasteiger partial charge is 0.497 e. The molecule has 1 heterocycles. The number of H-pyrrole nitrogens is 1. The van der Waals surface area contributed by atoms with Crippen LogP contribution in [-0.2, 0) is 6.42 Å². The van der Waals surface area contributed by atoms with Gasteiger partial charge in [-0.15, -0.1) is 5.10 Å². The highest BCUT2D eigenvalue weighted by Crippen LogP contribution is 2.41. The highest BCUT2D eigenvalue weighted by molar-refractivity contribution is 7.99. The number of ether oxygens (including phenoxy) is 1. The number of fused-ring (bicyclic) bond motifs is 1. The van der Waals surface area contributed by atoms with Crippen molar-refractivity contribution in [3.05, 3.63) is 35.2 Å². The molecule has 1 aliphatic carbocycles. The van der Waals surface area contributed by atoms with Gasteiger partial charge in [-0.1, -0.05) is 17.8 Å². The van der Waals surface area contributed by atoms with E-state index >= 15 is 0 Å². The van der Waals surface area contributed by atoms with Gasteiger partial charge in [0.1, 0.15) is 11.6 Å². The van der Waals surface area contributed by atoms with Gasteiger partial charge in [-0.05, 0) is 43.7 Å². The van der Waals surface area contributed by atoms with Gasteiger partial charge in [0.15, 0.2) is 0 Å². The van der Waals surface area contributed by atoms with Crippen LogP contribution >= 0.6 is 11.8 Å². The van der Waals surface area contributed by atoms with E-state index in [2.05, 4.69) is 32.6 Å². The number of methoxy groups -OCH3 is 1. The molecular weight excluding hydrogens is 272 g/mol. The smallest absolute Gasteiger partial charge is 0.208 e. The zero-order chi connectivity index (χ0) is 14.1. The van der Waals surface area contributed by atoms with Crippen LogP contribution in [0, 0.1) is 6.92 Å². The molecule has 6 heteroatoms. The van der Waals surface area contributed by atoms with E-state index in [1.165, 1.54) is 11.1 Å². The number of benzene rings is 1. The van der Waals surface area contributed by atoms with Gasteiger partial charge < -0.3 is 10.1 Å². The number of rotatable bonds is 4. The topological polar surface area (TPSA) is 62.8 Å². The fourth-order valence-electron chi connectivity index (χ4n) is 2.67. The van der Waals surface area contributed by atoms with Gasteiger partial charge in [-0.2, -0.15) is 0 Å². The molecule has 0 spiro atoms. The molecule has 2 aromatic rings. The zero-order valence-corrected chi connectivity index (χ0v) is 12.6. The molecule has 1 aromatic heterocycles. The van der Waals surface area contributed by atoms with Crippen molar-refractivity contribution < 1.29 is 4.74 Å². The third-order valence-corrected chi connectivity index (χ3v) is 4.76. The summed E-state index contributed by atoms with van der Waals surface area (Å²) in [4.78, 5) is 4.38. The summed E-state index contributed by atoms with van der Waals surface area (Å²) in [6.07, 6.45) is 1.02. The Labute approximate surface area is 122 Å². The lowest BCUT2D eigenvalue weighted by molar-refractivity contribution is 0.413. The molecule has 0 bridgehead atoms. The molecule has 0 saturated heterocycles. The van der Waals surface area contributed by atoms with Crippen LogP contribution in [0.25, 0.3) is 0 Å². The van der Waals surface area contributed by atoms with E-state index in [0.29, 0.717) is 11.3 Å². The standard InChI is InChI=1S/C14H18N4OS/c1-8-16-14(18-17-8)20-12-6-9-4-5-10(19-3)7-11(9)13(12)15-2/h4-5,7,12-13,15H,6H2,1-3H3,(H,16,17,18). The van der Waals surface area contributed by atoms with E-state index in [1.54, 1.807) is 18.9 Å². The SMILES string of the molecule is CNC1c2cc(OC)ccc2CC1Sc1n[nH]c(C)n1. The zero-order valence-electron chi connectivity index (χ0n) is 11.8. The van der Waals surface area contributed by atoms with Crippen molar-refractivity contribution in [3.8, 4) is 5.75 Å². The first kappa shape index (κ1) is 13.5. The quantitative estimate of drug-likeness (QED) is 0.903. The van der Waals surface area contributed by atoms with Gasteiger partial charge >= 0.3 is 0 Å². The van der Waals surface area contributed by atoms with Crippen LogP contribution in [0.5, 0.6) is 5.75 Å². The third kappa shape index (κ3) is 2.41. The van der Waals surface area contributed by atoms with Gasteiger partial charge in [0.2, 0.25) is 5.16 Å². The van der Waals surface area contributed by atoms with Crippen molar-refractivity contribution in [3.63, 3.8) is 0 Å². The molecule has 1 aromatic carbocycles. The van der Waals surface area contributed by atoms with E-state index in [0.717, 1.165) is 23.2 Å². The first-order valence-electron chi connectivity index (χ1n) is 6.61. The minimum Gasteiger partial charge on any atom is -0.497 e. The van der Waals surface area contributed by atoms with Crippen LogP contribution in [0.15, 0.2) is 23.4 Å². The Morgan fingerprint density at radius 3 is 2.95 bits per heavy atom. The second-order valence-corrected chi connectivity index (χ2v) is 6.10. The molecule has 0 saturated carbocycles. The molecule has 0 radical (unpaired) electrons. The van der Waals surface area contributed by atoms with Crippen LogP contribution in [-0.4, -0.2) is 34.6 Å². The lowest BCUT2D eigenvalue weighted by atomic mass is 10.1. The summed E-state index contributed by atoms with van der Waals surface area (Å²) >= 11 is 1.72. The molecule has 2 unspecified atom stereocenters. The molecule has 0 fully saturated rings. The maximum absolute atomic E-state index is 5.32. The van der Waals surface area contributed by atoms with E-state index in [1.807, 2.05) is 20.0 Å². The summed E-state index contributed by atoms with van der Waals surface area (Å²) in [6, 6.07) is 6.60. The number of nitrogens with zero attached hydrogens (tertiary/aromatic N) is 2. The first-order chi connectivity index (χ1) is 9.71. The van der Waals surface area contributed by atoms with Gasteiger partial charge in [-0.3, -0.25) is 5.10 Å². The van der Waals surface area contributed by atoms with Crippen molar-refractivity contribution in [2.45, 2.75) is 29.8 Å². The molecule has 20 heavy (non-hydrogen) atoms. The minimum absolute atomic E-state index is 0.295. The Morgan fingerprint density at radius 2 is 2.30 bits per heavy atom. The van der Waals surface area contributed by atoms with E-state index in [4.69, 9.17) is 4.74 Å². The second kappa shape index (κ2) is 5.46. The summed E-state index contributed by atoms with van der Waals surface area (Å²) < 4.78 is 5.32. The second-order valence-electron chi connectivity index (χ2n) is 4.89. The van der Waals surface area contributed by atoms with Crippen molar-refractivity contribution in [1.82, 2.24) is 20.5 Å². The molecule has 3 rings (SSSR count). The maximum Gasteiger partial charge on any atom is 0.208 e. The number of nitrogens with one attached hydrogen (secondary N) is 2. The summed E-state index contributed by atoms with van der Waals surface area (Å²) in [7, 11) is 3.70. The highest BCUT2D eigenvalue weighted by atomic mass is 32.2. The molecule has 2 N–H and O–H groups in total. The summed E-state index contributed by atoms with van der Waals surface area (Å²) in [5.74, 6) is 1.76. The predicted molar refractivity (Wildman–Crippen MR) is 79.3 cm³/mol. The number of aryl methyl sites for hydroxylation is 1. The minimum atomic E-state index is 0.295. The average molecular weight is 290 g/mol. The number of aromatic amines is 1. The first-order valence-corrected chi connectivity index (χ1v) is 7.49. The molecule has 0 aliphatic heterocycles. The van der Waals surface area contributed by atoms with E-state index in [-0.39, 0.29) is 0 Å². The van der Waals surface area contributed by atoms with Crippen LogP contribution in [0.2, 0.25) is 0 Å². The molecule has 2 atom stereocenters. The highest BCUT2D eigenvalue weighted by Gasteiger charge is 2.33. The van der Waals surface area contributed by atoms with Crippen molar-refractivity contribution >= 4 is 11.8 Å². The van der Waals surface area contributed by atoms with Gasteiger partial charge in [0.05, 0.1) is 7.11 Å².